The fraction of sp³-hybridized carbons (Fsp3) is 0.0182. The summed E-state index contributed by atoms with van der Waals surface area (Å²) in [5, 5.41) is 5.12. The Hall–Kier alpha value is -6.80. The molecule has 262 valence electrons. The molecule has 1 aliphatic rings. The minimum absolute atomic E-state index is 0.404. The Morgan fingerprint density at radius 1 is 0.304 bits per heavy atom. The number of fused-ring (bicyclic) bond motifs is 5. The summed E-state index contributed by atoms with van der Waals surface area (Å²) >= 11 is 1.85. The molecule has 0 bridgehead atoms. The monoisotopic (exact) mass is 728 g/mol. The lowest BCUT2D eigenvalue weighted by molar-refractivity contribution is 0.769. The van der Waals surface area contributed by atoms with Gasteiger partial charge in [-0.25, -0.2) is 0 Å². The van der Waals surface area contributed by atoms with Crippen LogP contribution in [0, 0.1) is 0 Å². The first-order valence-electron chi connectivity index (χ1n) is 19.3. The zero-order valence-corrected chi connectivity index (χ0v) is 31.5. The van der Waals surface area contributed by atoms with Gasteiger partial charge >= 0.3 is 0 Å². The SMILES string of the molecule is c1ccc(C2(c3ccccc3)c3ccccc3-c3ccc(-c4ccc(-c5ccc(-c6ccc(-c7c8ccccc8cc8ccccc78)cc6)s5)cc4)cc32)cc1. The fourth-order valence-corrected chi connectivity index (χ4v) is 10.2. The zero-order chi connectivity index (χ0) is 37.1. The topological polar surface area (TPSA) is 0 Å². The summed E-state index contributed by atoms with van der Waals surface area (Å²) < 4.78 is 0. The highest BCUT2D eigenvalue weighted by atomic mass is 32.1. The maximum Gasteiger partial charge on any atom is 0.0713 e. The predicted octanol–water partition coefficient (Wildman–Crippen LogP) is 15.1. The Morgan fingerprint density at radius 3 is 1.38 bits per heavy atom. The fourth-order valence-electron chi connectivity index (χ4n) is 9.22. The normalized spacial score (nSPS) is 12.8. The van der Waals surface area contributed by atoms with Gasteiger partial charge in [-0.3, -0.25) is 0 Å². The average molecular weight is 729 g/mol. The van der Waals surface area contributed by atoms with Crippen LogP contribution >= 0.6 is 11.3 Å². The molecule has 0 nitrogen and oxygen atoms in total. The van der Waals surface area contributed by atoms with Gasteiger partial charge < -0.3 is 0 Å². The van der Waals surface area contributed by atoms with E-state index in [4.69, 9.17) is 0 Å². The molecule has 1 heteroatoms. The first-order chi connectivity index (χ1) is 27.8. The van der Waals surface area contributed by atoms with E-state index in [0.29, 0.717) is 0 Å². The molecule has 1 aliphatic carbocycles. The van der Waals surface area contributed by atoms with E-state index < -0.39 is 5.41 Å². The molecule has 0 radical (unpaired) electrons. The molecule has 0 atom stereocenters. The molecule has 0 saturated carbocycles. The van der Waals surface area contributed by atoms with E-state index in [0.717, 1.165) is 0 Å². The summed E-state index contributed by atoms with van der Waals surface area (Å²) in [6.07, 6.45) is 0. The molecular weight excluding hydrogens is 693 g/mol. The molecule has 0 fully saturated rings. The van der Waals surface area contributed by atoms with Crippen molar-refractivity contribution in [3.8, 4) is 54.3 Å². The lowest BCUT2D eigenvalue weighted by Gasteiger charge is -2.34. The molecule has 0 saturated heterocycles. The Balaban J connectivity index is 0.926. The highest BCUT2D eigenvalue weighted by Gasteiger charge is 2.46. The standard InChI is InChI=1S/C55H36S/c1-3-15-44(16-4-1)55(45-17-5-2-6-18-45)50-22-12-11-21-48(50)49-32-31-41(36-51(49)55)37-23-25-38(26-24-37)52-33-34-53(56-52)39-27-29-40(30-28-39)54-46-19-9-7-13-42(46)35-43-14-8-10-20-47(43)54/h1-36H. The molecular formula is C55H36S. The lowest BCUT2D eigenvalue weighted by atomic mass is 9.67. The highest BCUT2D eigenvalue weighted by Crippen LogP contribution is 2.56. The van der Waals surface area contributed by atoms with E-state index in [1.165, 1.54) is 98.1 Å². The van der Waals surface area contributed by atoms with Gasteiger partial charge in [0.2, 0.25) is 0 Å². The van der Waals surface area contributed by atoms with Crippen molar-refractivity contribution in [2.75, 3.05) is 0 Å². The Labute approximate surface area is 331 Å². The van der Waals surface area contributed by atoms with E-state index in [1.54, 1.807) is 0 Å². The third-order valence-electron chi connectivity index (χ3n) is 11.8. The molecule has 56 heavy (non-hydrogen) atoms. The van der Waals surface area contributed by atoms with Gasteiger partial charge in [-0.15, -0.1) is 11.3 Å². The molecule has 1 heterocycles. The Kier molecular flexibility index (Phi) is 7.69. The Bertz CT molecular complexity index is 2950. The van der Waals surface area contributed by atoms with E-state index in [1.807, 2.05) is 11.3 Å². The van der Waals surface area contributed by atoms with Crippen molar-refractivity contribution in [2.24, 2.45) is 0 Å². The molecule has 10 aromatic rings. The average Bonchev–Trinajstić information content (AvgIpc) is 3.89. The molecule has 1 aromatic heterocycles. The van der Waals surface area contributed by atoms with Gasteiger partial charge in [0.25, 0.3) is 0 Å². The van der Waals surface area contributed by atoms with Gasteiger partial charge in [0.05, 0.1) is 5.41 Å². The van der Waals surface area contributed by atoms with Crippen molar-refractivity contribution in [3.05, 3.63) is 241 Å². The van der Waals surface area contributed by atoms with Crippen molar-refractivity contribution < 1.29 is 0 Å². The molecule has 0 unspecified atom stereocenters. The summed E-state index contributed by atoms with van der Waals surface area (Å²) in [5.41, 5.74) is 14.9. The van der Waals surface area contributed by atoms with Crippen LogP contribution in [0.1, 0.15) is 22.3 Å². The lowest BCUT2D eigenvalue weighted by Crippen LogP contribution is -2.28. The zero-order valence-electron chi connectivity index (χ0n) is 30.7. The molecule has 0 aliphatic heterocycles. The number of benzene rings is 9. The summed E-state index contributed by atoms with van der Waals surface area (Å²) in [4.78, 5) is 2.54. The van der Waals surface area contributed by atoms with Crippen LogP contribution in [-0.2, 0) is 5.41 Å². The number of thiophene rings is 1. The van der Waals surface area contributed by atoms with Crippen LogP contribution in [-0.4, -0.2) is 0 Å². The third kappa shape index (κ3) is 5.13. The van der Waals surface area contributed by atoms with Crippen LogP contribution in [0.3, 0.4) is 0 Å². The number of hydrogen-bond donors (Lipinski definition) is 0. The smallest absolute Gasteiger partial charge is 0.0713 e. The molecule has 0 N–H and O–H groups in total. The van der Waals surface area contributed by atoms with Crippen LogP contribution in [0.15, 0.2) is 218 Å². The van der Waals surface area contributed by atoms with Crippen LogP contribution in [0.4, 0.5) is 0 Å². The summed E-state index contributed by atoms with van der Waals surface area (Å²) in [6, 6.07) is 80.6. The predicted molar refractivity (Wildman–Crippen MR) is 238 cm³/mol. The molecule has 0 spiro atoms. The first kappa shape index (κ1) is 32.6. The van der Waals surface area contributed by atoms with Crippen LogP contribution < -0.4 is 0 Å². The number of rotatable bonds is 6. The van der Waals surface area contributed by atoms with Gasteiger partial charge in [0, 0.05) is 9.75 Å². The van der Waals surface area contributed by atoms with Crippen molar-refractivity contribution >= 4 is 32.9 Å². The van der Waals surface area contributed by atoms with Crippen LogP contribution in [0.5, 0.6) is 0 Å². The van der Waals surface area contributed by atoms with Gasteiger partial charge in [-0.1, -0.05) is 194 Å². The second-order valence-electron chi connectivity index (χ2n) is 14.8. The summed E-state index contributed by atoms with van der Waals surface area (Å²) in [6.45, 7) is 0. The second-order valence-corrected chi connectivity index (χ2v) is 15.9. The first-order valence-corrected chi connectivity index (χ1v) is 20.1. The molecule has 0 amide bonds. The van der Waals surface area contributed by atoms with Crippen LogP contribution in [0.25, 0.3) is 75.8 Å². The summed E-state index contributed by atoms with van der Waals surface area (Å²) in [5.74, 6) is 0. The second kappa shape index (κ2) is 13.2. The quantitative estimate of drug-likeness (QED) is 0.150. The molecule has 11 rings (SSSR count). The molecule has 9 aromatic carbocycles. The van der Waals surface area contributed by atoms with Crippen LogP contribution in [0.2, 0.25) is 0 Å². The van der Waals surface area contributed by atoms with Crippen molar-refractivity contribution in [1.29, 1.82) is 0 Å². The maximum atomic E-state index is 2.44. The minimum atomic E-state index is -0.404. The summed E-state index contributed by atoms with van der Waals surface area (Å²) in [7, 11) is 0. The largest absolute Gasteiger partial charge is 0.135 e. The highest BCUT2D eigenvalue weighted by molar-refractivity contribution is 7.18. The van der Waals surface area contributed by atoms with Gasteiger partial charge in [0.15, 0.2) is 0 Å². The van der Waals surface area contributed by atoms with Gasteiger partial charge in [-0.2, -0.15) is 0 Å². The van der Waals surface area contributed by atoms with Crippen molar-refractivity contribution in [1.82, 2.24) is 0 Å². The third-order valence-corrected chi connectivity index (χ3v) is 13.0. The minimum Gasteiger partial charge on any atom is -0.135 e. The van der Waals surface area contributed by atoms with E-state index in [9.17, 15) is 0 Å². The van der Waals surface area contributed by atoms with Gasteiger partial charge in [-0.05, 0) is 113 Å². The van der Waals surface area contributed by atoms with E-state index in [-0.39, 0.29) is 0 Å². The van der Waals surface area contributed by atoms with E-state index in [2.05, 4.69) is 218 Å². The van der Waals surface area contributed by atoms with Crippen molar-refractivity contribution in [3.63, 3.8) is 0 Å². The van der Waals surface area contributed by atoms with Crippen molar-refractivity contribution in [2.45, 2.75) is 5.41 Å². The van der Waals surface area contributed by atoms with E-state index >= 15 is 0 Å². The number of hydrogen-bond acceptors (Lipinski definition) is 1. The Morgan fingerprint density at radius 2 is 0.768 bits per heavy atom. The maximum absolute atomic E-state index is 2.44. The van der Waals surface area contributed by atoms with Gasteiger partial charge in [0.1, 0.15) is 0 Å².